The van der Waals surface area contributed by atoms with Crippen molar-refractivity contribution in [1.29, 1.82) is 0 Å². The SMILES string of the molecule is O=C(CCn1ccc2cc(S(=O)(=O)N3CCCCC3)ccc21)NCCCN1CCCCCC1. The molecule has 33 heavy (non-hydrogen) atoms. The van der Waals surface area contributed by atoms with Crippen LogP contribution in [0.4, 0.5) is 0 Å². The van der Waals surface area contributed by atoms with Crippen LogP contribution in [0.3, 0.4) is 0 Å². The van der Waals surface area contributed by atoms with Crippen LogP contribution in [0.15, 0.2) is 35.4 Å². The van der Waals surface area contributed by atoms with Crippen molar-refractivity contribution in [1.82, 2.24) is 19.1 Å². The van der Waals surface area contributed by atoms with Crippen LogP contribution in [0.1, 0.15) is 57.8 Å². The minimum absolute atomic E-state index is 0.0667. The highest BCUT2D eigenvalue weighted by molar-refractivity contribution is 7.89. The Morgan fingerprint density at radius 1 is 0.879 bits per heavy atom. The van der Waals surface area contributed by atoms with Gasteiger partial charge in [-0.2, -0.15) is 4.31 Å². The summed E-state index contributed by atoms with van der Waals surface area (Å²) in [7, 11) is -3.44. The number of likely N-dealkylation sites (tertiary alicyclic amines) is 1. The predicted octanol–water partition coefficient (Wildman–Crippen LogP) is 3.59. The van der Waals surface area contributed by atoms with E-state index in [-0.39, 0.29) is 5.91 Å². The molecule has 2 saturated heterocycles. The van der Waals surface area contributed by atoms with E-state index >= 15 is 0 Å². The zero-order valence-corrected chi connectivity index (χ0v) is 20.5. The van der Waals surface area contributed by atoms with Gasteiger partial charge in [-0.25, -0.2) is 8.42 Å². The molecule has 0 aliphatic carbocycles. The number of hydrogen-bond donors (Lipinski definition) is 1. The lowest BCUT2D eigenvalue weighted by molar-refractivity contribution is -0.121. The molecule has 2 aliphatic rings. The van der Waals surface area contributed by atoms with E-state index in [2.05, 4.69) is 10.2 Å². The van der Waals surface area contributed by atoms with Crippen molar-refractivity contribution in [3.8, 4) is 0 Å². The number of rotatable bonds is 9. The Labute approximate surface area is 198 Å². The molecule has 8 heteroatoms. The van der Waals surface area contributed by atoms with Crippen LogP contribution < -0.4 is 5.32 Å². The van der Waals surface area contributed by atoms with E-state index in [4.69, 9.17) is 0 Å². The average Bonchev–Trinajstić information content (AvgIpc) is 3.06. The first-order valence-electron chi connectivity index (χ1n) is 12.6. The molecule has 4 rings (SSSR count). The average molecular weight is 475 g/mol. The predicted molar refractivity (Wildman–Crippen MR) is 132 cm³/mol. The number of sulfonamides is 1. The van der Waals surface area contributed by atoms with Gasteiger partial charge in [0.05, 0.1) is 4.90 Å². The second-order valence-electron chi connectivity index (χ2n) is 9.40. The highest BCUT2D eigenvalue weighted by atomic mass is 32.2. The summed E-state index contributed by atoms with van der Waals surface area (Å²) in [4.78, 5) is 15.2. The molecular weight excluding hydrogens is 436 g/mol. The molecule has 0 atom stereocenters. The number of carbonyl (C=O) groups is 1. The molecule has 0 saturated carbocycles. The first-order chi connectivity index (χ1) is 16.0. The van der Waals surface area contributed by atoms with E-state index in [1.54, 1.807) is 16.4 Å². The Kier molecular flexibility index (Phi) is 8.44. The van der Waals surface area contributed by atoms with E-state index in [1.165, 1.54) is 38.8 Å². The molecule has 7 nitrogen and oxygen atoms in total. The summed E-state index contributed by atoms with van der Waals surface area (Å²) in [6.07, 6.45) is 11.6. The highest BCUT2D eigenvalue weighted by Gasteiger charge is 2.26. The molecule has 0 radical (unpaired) electrons. The molecule has 182 valence electrons. The van der Waals surface area contributed by atoms with Crippen LogP contribution in [0.25, 0.3) is 10.9 Å². The lowest BCUT2D eigenvalue weighted by Crippen LogP contribution is -2.35. The van der Waals surface area contributed by atoms with Gasteiger partial charge in [-0.15, -0.1) is 0 Å². The molecule has 1 N–H and O–H groups in total. The number of nitrogens with zero attached hydrogens (tertiary/aromatic N) is 3. The Hall–Kier alpha value is -1.90. The van der Waals surface area contributed by atoms with Gasteiger partial charge in [0, 0.05) is 49.7 Å². The summed E-state index contributed by atoms with van der Waals surface area (Å²) in [5, 5.41) is 3.94. The lowest BCUT2D eigenvalue weighted by Gasteiger charge is -2.25. The normalized spacial score (nSPS) is 18.9. The number of carbonyl (C=O) groups excluding carboxylic acids is 1. The third-order valence-corrected chi connectivity index (χ3v) is 8.84. The van der Waals surface area contributed by atoms with Gasteiger partial charge >= 0.3 is 0 Å². The number of amides is 1. The van der Waals surface area contributed by atoms with Gasteiger partial charge in [0.15, 0.2) is 0 Å². The van der Waals surface area contributed by atoms with Gasteiger partial charge in [-0.3, -0.25) is 4.79 Å². The minimum atomic E-state index is -3.44. The first kappa shape index (κ1) is 24.2. The molecule has 0 spiro atoms. The van der Waals surface area contributed by atoms with Crippen molar-refractivity contribution < 1.29 is 13.2 Å². The molecule has 0 bridgehead atoms. The standard InChI is InChI=1S/C25H38N4O3S/c30-25(26-13-8-16-27-14-4-1-2-5-15-27)12-20-28-19-11-22-21-23(9-10-24(22)28)33(31,32)29-17-6-3-7-18-29/h9-11,19,21H,1-8,12-18,20H2,(H,26,30). The number of aromatic nitrogens is 1. The molecule has 3 heterocycles. The van der Waals surface area contributed by atoms with E-state index < -0.39 is 10.0 Å². The molecule has 0 unspecified atom stereocenters. The van der Waals surface area contributed by atoms with Gasteiger partial charge < -0.3 is 14.8 Å². The number of benzene rings is 1. The van der Waals surface area contributed by atoms with Gasteiger partial charge in [-0.1, -0.05) is 19.3 Å². The Morgan fingerprint density at radius 3 is 2.33 bits per heavy atom. The Morgan fingerprint density at radius 2 is 1.58 bits per heavy atom. The highest BCUT2D eigenvalue weighted by Crippen LogP contribution is 2.25. The first-order valence-corrected chi connectivity index (χ1v) is 14.1. The maximum absolute atomic E-state index is 13.0. The zero-order valence-electron chi connectivity index (χ0n) is 19.7. The van der Waals surface area contributed by atoms with E-state index in [9.17, 15) is 13.2 Å². The molecule has 1 amide bonds. The quantitative estimate of drug-likeness (QED) is 0.564. The smallest absolute Gasteiger partial charge is 0.243 e. The maximum atomic E-state index is 13.0. The Balaban J connectivity index is 1.26. The number of nitrogens with one attached hydrogen (secondary N) is 1. The molecule has 1 aromatic heterocycles. The fraction of sp³-hybridized carbons (Fsp3) is 0.640. The summed E-state index contributed by atoms with van der Waals surface area (Å²) >= 11 is 0. The summed E-state index contributed by atoms with van der Waals surface area (Å²) in [6, 6.07) is 7.26. The summed E-state index contributed by atoms with van der Waals surface area (Å²) < 4.78 is 29.6. The zero-order chi connectivity index (χ0) is 23.1. The van der Waals surface area contributed by atoms with E-state index in [0.717, 1.165) is 49.7 Å². The van der Waals surface area contributed by atoms with Crippen LogP contribution in [-0.2, 0) is 21.4 Å². The Bertz CT molecular complexity index is 1020. The molecule has 2 aromatic rings. The van der Waals surface area contributed by atoms with Crippen LogP contribution in [0, 0.1) is 0 Å². The lowest BCUT2D eigenvalue weighted by atomic mass is 10.2. The summed E-state index contributed by atoms with van der Waals surface area (Å²) in [5.41, 5.74) is 0.960. The van der Waals surface area contributed by atoms with Crippen molar-refractivity contribution in [2.45, 2.75) is 69.2 Å². The number of hydrogen-bond acceptors (Lipinski definition) is 4. The molecule has 2 aliphatic heterocycles. The van der Waals surface area contributed by atoms with Crippen LogP contribution in [-0.4, -0.2) is 67.4 Å². The van der Waals surface area contributed by atoms with Crippen molar-refractivity contribution in [3.05, 3.63) is 30.5 Å². The van der Waals surface area contributed by atoms with Crippen LogP contribution in [0.2, 0.25) is 0 Å². The van der Waals surface area contributed by atoms with Crippen LogP contribution >= 0.6 is 0 Å². The third-order valence-electron chi connectivity index (χ3n) is 6.95. The molecule has 2 fully saturated rings. The number of fused-ring (bicyclic) bond motifs is 1. The fourth-order valence-electron chi connectivity index (χ4n) is 4.99. The fourth-order valence-corrected chi connectivity index (χ4v) is 6.54. The largest absolute Gasteiger partial charge is 0.356 e. The third kappa shape index (κ3) is 6.37. The van der Waals surface area contributed by atoms with E-state index in [1.807, 2.05) is 22.9 Å². The molecular formula is C25H38N4O3S. The van der Waals surface area contributed by atoms with Gasteiger partial charge in [0.1, 0.15) is 0 Å². The second-order valence-corrected chi connectivity index (χ2v) is 11.3. The van der Waals surface area contributed by atoms with E-state index in [0.29, 0.717) is 31.0 Å². The minimum Gasteiger partial charge on any atom is -0.356 e. The summed E-state index contributed by atoms with van der Waals surface area (Å²) in [5.74, 6) is 0.0667. The summed E-state index contributed by atoms with van der Waals surface area (Å²) in [6.45, 7) is 5.96. The topological polar surface area (TPSA) is 74.6 Å². The number of piperidine rings is 1. The van der Waals surface area contributed by atoms with Crippen molar-refractivity contribution in [2.75, 3.05) is 39.3 Å². The van der Waals surface area contributed by atoms with Crippen molar-refractivity contribution in [2.24, 2.45) is 0 Å². The monoisotopic (exact) mass is 474 g/mol. The van der Waals surface area contributed by atoms with Crippen molar-refractivity contribution >= 4 is 26.8 Å². The van der Waals surface area contributed by atoms with Gasteiger partial charge in [0.2, 0.25) is 15.9 Å². The maximum Gasteiger partial charge on any atom is 0.243 e. The molecule has 1 aromatic carbocycles. The van der Waals surface area contributed by atoms with Crippen LogP contribution in [0.5, 0.6) is 0 Å². The van der Waals surface area contributed by atoms with Crippen molar-refractivity contribution in [3.63, 3.8) is 0 Å². The van der Waals surface area contributed by atoms with Gasteiger partial charge in [0.25, 0.3) is 0 Å². The second kappa shape index (κ2) is 11.5. The van der Waals surface area contributed by atoms with Gasteiger partial charge in [-0.05, 0) is 76.0 Å². The number of aryl methyl sites for hydroxylation is 1.